The zero-order valence-corrected chi connectivity index (χ0v) is 19.8. The summed E-state index contributed by atoms with van der Waals surface area (Å²) in [6, 6.07) is 11.4. The van der Waals surface area contributed by atoms with Crippen LogP contribution in [-0.4, -0.2) is 48.7 Å². The Kier molecular flexibility index (Phi) is 7.82. The summed E-state index contributed by atoms with van der Waals surface area (Å²) in [7, 11) is 4.07. The fourth-order valence-electron chi connectivity index (χ4n) is 2.83. The van der Waals surface area contributed by atoms with E-state index in [2.05, 4.69) is 4.90 Å². The van der Waals surface area contributed by atoms with Gasteiger partial charge in [-0.25, -0.2) is 4.98 Å². The molecule has 1 aromatic heterocycles. The van der Waals surface area contributed by atoms with Crippen molar-refractivity contribution in [1.29, 1.82) is 0 Å². The third-order valence-electron chi connectivity index (χ3n) is 4.43. The second-order valence-electron chi connectivity index (χ2n) is 6.96. The fraction of sp³-hybridized carbons (Fsp3) is 0.333. The predicted octanol–water partition coefficient (Wildman–Crippen LogP) is 5.99. The lowest BCUT2D eigenvalue weighted by molar-refractivity contribution is -0.116. The van der Waals surface area contributed by atoms with Gasteiger partial charge in [0, 0.05) is 21.5 Å². The van der Waals surface area contributed by atoms with Gasteiger partial charge in [0.15, 0.2) is 5.13 Å². The number of carbonyl (C=O) groups excluding carboxylic acids is 1. The van der Waals surface area contributed by atoms with Gasteiger partial charge >= 0.3 is 0 Å². The molecule has 0 atom stereocenters. The topological polar surface area (TPSA) is 36.4 Å². The van der Waals surface area contributed by atoms with Crippen LogP contribution in [0.25, 0.3) is 10.2 Å². The summed E-state index contributed by atoms with van der Waals surface area (Å²) in [5.41, 5.74) is 1.82. The van der Waals surface area contributed by atoms with E-state index in [9.17, 15) is 4.79 Å². The van der Waals surface area contributed by atoms with Gasteiger partial charge in [0.05, 0.1) is 16.0 Å². The van der Waals surface area contributed by atoms with Crippen molar-refractivity contribution in [2.24, 2.45) is 0 Å². The van der Waals surface area contributed by atoms with Crippen LogP contribution < -0.4 is 4.90 Å². The van der Waals surface area contributed by atoms with E-state index in [4.69, 9.17) is 28.2 Å². The maximum absolute atomic E-state index is 13.1. The predicted molar refractivity (Wildman–Crippen MR) is 127 cm³/mol. The number of rotatable bonds is 8. The van der Waals surface area contributed by atoms with Gasteiger partial charge in [-0.05, 0) is 75.9 Å². The summed E-state index contributed by atoms with van der Waals surface area (Å²) < 4.78 is 1.04. The molecule has 2 aromatic carbocycles. The van der Waals surface area contributed by atoms with Crippen molar-refractivity contribution in [2.45, 2.75) is 18.2 Å². The third kappa shape index (κ3) is 5.86. The van der Waals surface area contributed by atoms with E-state index in [1.165, 1.54) is 23.1 Å². The van der Waals surface area contributed by atoms with Crippen LogP contribution in [-0.2, 0) is 4.79 Å². The van der Waals surface area contributed by atoms with Crippen LogP contribution in [0.3, 0.4) is 0 Å². The molecule has 0 bridgehead atoms. The van der Waals surface area contributed by atoms with E-state index < -0.39 is 0 Å². The molecule has 0 aliphatic heterocycles. The van der Waals surface area contributed by atoms with Crippen molar-refractivity contribution in [2.75, 3.05) is 37.8 Å². The van der Waals surface area contributed by atoms with Crippen molar-refractivity contribution < 1.29 is 4.79 Å². The molecule has 0 aliphatic carbocycles. The summed E-state index contributed by atoms with van der Waals surface area (Å²) in [4.78, 5) is 22.8. The first-order chi connectivity index (χ1) is 13.8. The summed E-state index contributed by atoms with van der Waals surface area (Å²) >= 11 is 15.2. The number of anilines is 1. The number of hydrogen-bond donors (Lipinski definition) is 0. The van der Waals surface area contributed by atoms with E-state index in [1.807, 2.05) is 62.3 Å². The number of carbonyl (C=O) groups is 1. The Labute approximate surface area is 189 Å². The molecule has 0 saturated heterocycles. The largest absolute Gasteiger partial charge is 0.309 e. The van der Waals surface area contributed by atoms with E-state index >= 15 is 0 Å². The molecule has 3 aromatic rings. The second kappa shape index (κ2) is 10.1. The minimum atomic E-state index is 0.0477. The number of aromatic nitrogens is 1. The first-order valence-corrected chi connectivity index (χ1v) is 11.8. The van der Waals surface area contributed by atoms with Crippen LogP contribution in [0, 0.1) is 6.92 Å². The normalized spacial score (nSPS) is 11.4. The van der Waals surface area contributed by atoms with Crippen molar-refractivity contribution in [1.82, 2.24) is 9.88 Å². The SMILES string of the molecule is Cc1c(Cl)ccc2sc(N(CCCN(C)C)C(=O)CSc3ccc(Cl)cc3)nc12. The number of nitrogens with zero attached hydrogens (tertiary/aromatic N) is 3. The monoisotopic (exact) mass is 467 g/mol. The van der Waals surface area contributed by atoms with E-state index in [0.717, 1.165) is 38.8 Å². The number of thioether (sulfide) groups is 1. The summed E-state index contributed by atoms with van der Waals surface area (Å²) in [5.74, 6) is 0.394. The quantitative estimate of drug-likeness (QED) is 0.381. The molecule has 1 amide bonds. The molecule has 3 rings (SSSR count). The molecule has 0 fully saturated rings. The molecule has 0 aliphatic rings. The Morgan fingerprint density at radius 2 is 1.83 bits per heavy atom. The smallest absolute Gasteiger partial charge is 0.239 e. The van der Waals surface area contributed by atoms with Gasteiger partial charge in [-0.1, -0.05) is 34.5 Å². The van der Waals surface area contributed by atoms with Crippen LogP contribution in [0.5, 0.6) is 0 Å². The van der Waals surface area contributed by atoms with Gasteiger partial charge in [-0.3, -0.25) is 9.69 Å². The van der Waals surface area contributed by atoms with Crippen LogP contribution in [0.1, 0.15) is 12.0 Å². The number of hydrogen-bond acceptors (Lipinski definition) is 5. The molecular formula is C21H23Cl2N3OS2. The highest BCUT2D eigenvalue weighted by Gasteiger charge is 2.21. The number of benzene rings is 2. The van der Waals surface area contributed by atoms with Crippen molar-refractivity contribution in [3.8, 4) is 0 Å². The molecule has 0 saturated carbocycles. The fourth-order valence-corrected chi connectivity index (χ4v) is 4.95. The number of aryl methyl sites for hydroxylation is 1. The standard InChI is InChI=1S/C21H23Cl2N3OS2/c1-14-17(23)9-10-18-20(14)24-21(29-18)26(12-4-11-25(2)3)19(27)13-28-16-7-5-15(22)6-8-16/h5-10H,4,11-13H2,1-3H3. The molecule has 0 N–H and O–H groups in total. The maximum atomic E-state index is 13.1. The molecule has 8 heteroatoms. The zero-order valence-electron chi connectivity index (χ0n) is 16.6. The molecule has 1 heterocycles. The lowest BCUT2D eigenvalue weighted by atomic mass is 10.2. The molecule has 29 heavy (non-hydrogen) atoms. The van der Waals surface area contributed by atoms with Crippen molar-refractivity contribution in [3.05, 3.63) is 52.0 Å². The average Bonchev–Trinajstić information content (AvgIpc) is 3.12. The third-order valence-corrected chi connectivity index (χ3v) is 7.13. The number of halogens is 2. The van der Waals surface area contributed by atoms with Gasteiger partial charge in [0.25, 0.3) is 0 Å². The van der Waals surface area contributed by atoms with E-state index in [-0.39, 0.29) is 5.91 Å². The van der Waals surface area contributed by atoms with E-state index in [1.54, 1.807) is 0 Å². The van der Waals surface area contributed by atoms with Crippen molar-refractivity contribution >= 4 is 67.6 Å². The van der Waals surface area contributed by atoms with Crippen molar-refractivity contribution in [3.63, 3.8) is 0 Å². The maximum Gasteiger partial charge on any atom is 0.239 e. The Morgan fingerprint density at radius 1 is 1.10 bits per heavy atom. The summed E-state index contributed by atoms with van der Waals surface area (Å²) in [6.45, 7) is 3.50. The second-order valence-corrected chi connectivity index (χ2v) is 9.86. The van der Waals surface area contributed by atoms with Gasteiger partial charge in [0.1, 0.15) is 0 Å². The lowest BCUT2D eigenvalue weighted by Gasteiger charge is -2.21. The van der Waals surface area contributed by atoms with Crippen LogP contribution >= 0.6 is 46.3 Å². The van der Waals surface area contributed by atoms with Gasteiger partial charge in [0.2, 0.25) is 5.91 Å². The Bertz CT molecular complexity index is 990. The average molecular weight is 468 g/mol. The zero-order chi connectivity index (χ0) is 21.0. The highest BCUT2D eigenvalue weighted by Crippen LogP contribution is 2.34. The Balaban J connectivity index is 1.80. The van der Waals surface area contributed by atoms with Crippen LogP contribution in [0.2, 0.25) is 10.0 Å². The highest BCUT2D eigenvalue weighted by atomic mass is 35.5. The van der Waals surface area contributed by atoms with Crippen LogP contribution in [0.4, 0.5) is 5.13 Å². The Morgan fingerprint density at radius 3 is 2.52 bits per heavy atom. The minimum absolute atomic E-state index is 0.0477. The number of thiazole rings is 1. The minimum Gasteiger partial charge on any atom is -0.309 e. The first-order valence-electron chi connectivity index (χ1n) is 9.24. The summed E-state index contributed by atoms with van der Waals surface area (Å²) in [5, 5.41) is 2.11. The molecular weight excluding hydrogens is 445 g/mol. The number of fused-ring (bicyclic) bond motifs is 1. The molecule has 154 valence electrons. The Hall–Kier alpha value is -1.31. The van der Waals surface area contributed by atoms with Gasteiger partial charge < -0.3 is 4.90 Å². The first kappa shape index (κ1) is 22.4. The molecule has 0 unspecified atom stereocenters. The number of amides is 1. The van der Waals surface area contributed by atoms with Gasteiger partial charge in [-0.15, -0.1) is 11.8 Å². The van der Waals surface area contributed by atoms with E-state index in [0.29, 0.717) is 22.3 Å². The summed E-state index contributed by atoms with van der Waals surface area (Å²) in [6.07, 6.45) is 0.875. The molecule has 0 radical (unpaired) electrons. The van der Waals surface area contributed by atoms with Gasteiger partial charge in [-0.2, -0.15) is 0 Å². The molecule has 4 nitrogen and oxygen atoms in total. The van der Waals surface area contributed by atoms with Crippen LogP contribution in [0.15, 0.2) is 41.3 Å². The lowest BCUT2D eigenvalue weighted by Crippen LogP contribution is -2.34. The molecule has 0 spiro atoms. The highest BCUT2D eigenvalue weighted by molar-refractivity contribution is 8.00.